The molecule has 2 fully saturated rings. The summed E-state index contributed by atoms with van der Waals surface area (Å²) in [5, 5.41) is 6.37. The Balaban J connectivity index is 1.37. The third-order valence-electron chi connectivity index (χ3n) is 5.62. The highest BCUT2D eigenvalue weighted by molar-refractivity contribution is 5.91. The first-order chi connectivity index (χ1) is 13.7. The Morgan fingerprint density at radius 2 is 1.71 bits per heavy atom. The van der Waals surface area contributed by atoms with Gasteiger partial charge in [0, 0.05) is 42.6 Å². The van der Waals surface area contributed by atoms with Gasteiger partial charge in [-0.3, -0.25) is 4.79 Å². The van der Waals surface area contributed by atoms with E-state index in [2.05, 4.69) is 25.5 Å². The molecular formula is C22H29N5O. The number of hydrogen-bond donors (Lipinski definition) is 2. The van der Waals surface area contributed by atoms with Crippen molar-refractivity contribution in [1.29, 1.82) is 0 Å². The molecule has 2 aliphatic rings. The minimum absolute atomic E-state index is 0.120. The van der Waals surface area contributed by atoms with Crippen molar-refractivity contribution in [3.8, 4) is 0 Å². The van der Waals surface area contributed by atoms with E-state index < -0.39 is 0 Å². The first-order valence-electron chi connectivity index (χ1n) is 10.4. The fourth-order valence-electron chi connectivity index (χ4n) is 4.15. The minimum atomic E-state index is 0.120. The molecule has 2 heterocycles. The van der Waals surface area contributed by atoms with E-state index >= 15 is 0 Å². The van der Waals surface area contributed by atoms with E-state index in [1.54, 1.807) is 0 Å². The van der Waals surface area contributed by atoms with Crippen molar-refractivity contribution in [1.82, 2.24) is 9.97 Å². The number of nitrogens with zero attached hydrogens (tertiary/aromatic N) is 3. The second-order valence-corrected chi connectivity index (χ2v) is 7.99. The molecule has 1 saturated heterocycles. The Morgan fingerprint density at radius 1 is 1.04 bits per heavy atom. The molecule has 0 bridgehead atoms. The van der Waals surface area contributed by atoms with Crippen molar-refractivity contribution >= 4 is 29.0 Å². The molecule has 2 N–H and O–H groups in total. The van der Waals surface area contributed by atoms with E-state index in [1.165, 1.54) is 38.5 Å². The van der Waals surface area contributed by atoms with Gasteiger partial charge in [0.25, 0.3) is 0 Å². The van der Waals surface area contributed by atoms with Crippen molar-refractivity contribution in [2.45, 2.75) is 51.9 Å². The normalized spacial score (nSPS) is 17.1. The number of carbonyl (C=O) groups excluding carboxylic acids is 1. The zero-order valence-corrected chi connectivity index (χ0v) is 16.6. The third-order valence-corrected chi connectivity index (χ3v) is 5.62. The molecule has 1 saturated carbocycles. The number of aryl methyl sites for hydroxylation is 1. The lowest BCUT2D eigenvalue weighted by Crippen LogP contribution is -2.21. The average Bonchev–Trinajstić information content (AvgIpc) is 3.37. The van der Waals surface area contributed by atoms with Crippen LogP contribution in [0, 0.1) is 12.8 Å². The van der Waals surface area contributed by atoms with Gasteiger partial charge in [-0.1, -0.05) is 12.8 Å². The fourth-order valence-corrected chi connectivity index (χ4v) is 4.15. The van der Waals surface area contributed by atoms with Crippen LogP contribution in [0.25, 0.3) is 0 Å². The van der Waals surface area contributed by atoms with Crippen molar-refractivity contribution < 1.29 is 4.79 Å². The maximum absolute atomic E-state index is 12.2. The van der Waals surface area contributed by atoms with E-state index in [4.69, 9.17) is 0 Å². The zero-order chi connectivity index (χ0) is 19.3. The molecule has 1 aliphatic carbocycles. The maximum Gasteiger partial charge on any atom is 0.227 e. The van der Waals surface area contributed by atoms with Crippen molar-refractivity contribution in [3.63, 3.8) is 0 Å². The van der Waals surface area contributed by atoms with Gasteiger partial charge in [0.05, 0.1) is 0 Å². The SMILES string of the molecule is Cc1cc(Nc2ccc(NC(=O)CC3CCCC3)cc2)nc(N2CCCC2)n1. The number of aromatic nitrogens is 2. The number of carbonyl (C=O) groups is 1. The van der Waals surface area contributed by atoms with Crippen LogP contribution in [-0.2, 0) is 4.79 Å². The molecular weight excluding hydrogens is 350 g/mol. The third kappa shape index (κ3) is 4.80. The number of amides is 1. The number of rotatable bonds is 6. The quantitative estimate of drug-likeness (QED) is 0.765. The molecule has 2 aromatic rings. The van der Waals surface area contributed by atoms with E-state index in [0.29, 0.717) is 12.3 Å². The second-order valence-electron chi connectivity index (χ2n) is 7.99. The highest BCUT2D eigenvalue weighted by atomic mass is 16.1. The first-order valence-corrected chi connectivity index (χ1v) is 10.4. The fraction of sp³-hybridized carbons (Fsp3) is 0.500. The molecule has 0 radical (unpaired) electrons. The van der Waals surface area contributed by atoms with Gasteiger partial charge in [-0.05, 0) is 62.8 Å². The number of anilines is 4. The predicted octanol–water partition coefficient (Wildman–Crippen LogP) is 4.65. The van der Waals surface area contributed by atoms with Crippen LogP contribution < -0.4 is 15.5 Å². The molecule has 0 spiro atoms. The van der Waals surface area contributed by atoms with Crippen LogP contribution in [0.15, 0.2) is 30.3 Å². The van der Waals surface area contributed by atoms with Crippen LogP contribution in [0.1, 0.15) is 50.6 Å². The zero-order valence-electron chi connectivity index (χ0n) is 16.6. The molecule has 0 atom stereocenters. The molecule has 0 unspecified atom stereocenters. The lowest BCUT2D eigenvalue weighted by molar-refractivity contribution is -0.117. The minimum Gasteiger partial charge on any atom is -0.341 e. The molecule has 1 amide bonds. The van der Waals surface area contributed by atoms with Gasteiger partial charge in [-0.15, -0.1) is 0 Å². The van der Waals surface area contributed by atoms with E-state index in [9.17, 15) is 4.79 Å². The standard InChI is InChI=1S/C22H29N5O/c1-16-14-20(26-22(23-16)27-12-4-5-13-27)24-18-8-10-19(11-9-18)25-21(28)15-17-6-2-3-7-17/h8-11,14,17H,2-7,12-13,15H2,1H3,(H,25,28)(H,23,24,26). The summed E-state index contributed by atoms with van der Waals surface area (Å²) in [4.78, 5) is 23.7. The molecule has 6 nitrogen and oxygen atoms in total. The summed E-state index contributed by atoms with van der Waals surface area (Å²) in [6, 6.07) is 9.77. The molecule has 28 heavy (non-hydrogen) atoms. The van der Waals surface area contributed by atoms with Crippen molar-refractivity contribution in [3.05, 3.63) is 36.0 Å². The summed E-state index contributed by atoms with van der Waals surface area (Å²) >= 11 is 0. The van der Waals surface area contributed by atoms with Crippen molar-refractivity contribution in [2.75, 3.05) is 28.6 Å². The smallest absolute Gasteiger partial charge is 0.227 e. The Hall–Kier alpha value is -2.63. The average molecular weight is 380 g/mol. The van der Waals surface area contributed by atoms with Gasteiger partial charge in [-0.2, -0.15) is 4.98 Å². The number of nitrogens with one attached hydrogen (secondary N) is 2. The maximum atomic E-state index is 12.2. The Morgan fingerprint density at radius 3 is 2.43 bits per heavy atom. The Kier molecular flexibility index (Phi) is 5.74. The van der Waals surface area contributed by atoms with E-state index in [1.807, 2.05) is 37.3 Å². The van der Waals surface area contributed by atoms with E-state index in [-0.39, 0.29) is 5.91 Å². The van der Waals surface area contributed by atoms with Crippen LogP contribution in [0.4, 0.5) is 23.1 Å². The van der Waals surface area contributed by atoms with Gasteiger partial charge >= 0.3 is 0 Å². The van der Waals surface area contributed by atoms with Crippen LogP contribution in [0.5, 0.6) is 0 Å². The summed E-state index contributed by atoms with van der Waals surface area (Å²) in [5.41, 5.74) is 2.74. The summed E-state index contributed by atoms with van der Waals surface area (Å²) in [6.45, 7) is 4.05. The van der Waals surface area contributed by atoms with Crippen LogP contribution in [-0.4, -0.2) is 29.0 Å². The predicted molar refractivity (Wildman–Crippen MR) is 113 cm³/mol. The van der Waals surface area contributed by atoms with Crippen LogP contribution in [0.2, 0.25) is 0 Å². The highest BCUT2D eigenvalue weighted by Gasteiger charge is 2.18. The van der Waals surface area contributed by atoms with Gasteiger partial charge in [0.1, 0.15) is 5.82 Å². The Labute approximate surface area is 166 Å². The number of benzene rings is 1. The van der Waals surface area contributed by atoms with Gasteiger partial charge in [-0.25, -0.2) is 4.98 Å². The summed E-state index contributed by atoms with van der Waals surface area (Å²) in [6.07, 6.45) is 7.95. The molecule has 148 valence electrons. The summed E-state index contributed by atoms with van der Waals surface area (Å²) < 4.78 is 0. The largest absolute Gasteiger partial charge is 0.341 e. The van der Waals surface area contributed by atoms with Gasteiger partial charge in [0.15, 0.2) is 0 Å². The first kappa shape index (κ1) is 18.7. The molecule has 1 aromatic heterocycles. The summed E-state index contributed by atoms with van der Waals surface area (Å²) in [5.74, 6) is 2.28. The lowest BCUT2D eigenvalue weighted by Gasteiger charge is -2.17. The monoisotopic (exact) mass is 379 g/mol. The lowest BCUT2D eigenvalue weighted by atomic mass is 10.0. The Bertz CT molecular complexity index is 808. The van der Waals surface area contributed by atoms with Crippen LogP contribution in [0.3, 0.4) is 0 Å². The molecule has 1 aromatic carbocycles. The second kappa shape index (κ2) is 8.59. The topological polar surface area (TPSA) is 70.2 Å². The van der Waals surface area contributed by atoms with Crippen molar-refractivity contribution in [2.24, 2.45) is 5.92 Å². The number of hydrogen-bond acceptors (Lipinski definition) is 5. The van der Waals surface area contributed by atoms with E-state index in [0.717, 1.165) is 41.9 Å². The molecule has 6 heteroatoms. The van der Waals surface area contributed by atoms with Gasteiger partial charge in [0.2, 0.25) is 11.9 Å². The van der Waals surface area contributed by atoms with Gasteiger partial charge < -0.3 is 15.5 Å². The molecule has 1 aliphatic heterocycles. The van der Waals surface area contributed by atoms with Crippen LogP contribution >= 0.6 is 0 Å². The summed E-state index contributed by atoms with van der Waals surface area (Å²) in [7, 11) is 0. The highest BCUT2D eigenvalue weighted by Crippen LogP contribution is 2.28. The molecule has 4 rings (SSSR count).